The second kappa shape index (κ2) is 3.86. The van der Waals surface area contributed by atoms with Crippen molar-refractivity contribution in [2.45, 2.75) is 48.1 Å². The maximum absolute atomic E-state index is 12.3. The first-order valence-electron chi connectivity index (χ1n) is 5.58. The summed E-state index contributed by atoms with van der Waals surface area (Å²) in [4.78, 5) is 32.4. The quantitative estimate of drug-likeness (QED) is 0.547. The third-order valence-corrected chi connectivity index (χ3v) is 8.70. The van der Waals surface area contributed by atoms with Crippen LogP contribution in [0.1, 0.15) is 27.7 Å². The van der Waals surface area contributed by atoms with E-state index in [2.05, 4.69) is 14.8 Å². The first-order valence-corrected chi connectivity index (χ1v) is 15.6. The fourth-order valence-corrected chi connectivity index (χ4v) is 7.80. The second-order valence-corrected chi connectivity index (χ2v) is 20.6. The molecule has 0 bridgehead atoms. The van der Waals surface area contributed by atoms with Crippen molar-refractivity contribution in [1.29, 1.82) is 0 Å². The van der Waals surface area contributed by atoms with Crippen LogP contribution in [0.4, 0.5) is 0 Å². The number of carbonyl (C=O) groups excluding carboxylic acids is 2. The Labute approximate surface area is 102 Å². The summed E-state index contributed by atoms with van der Waals surface area (Å²) in [6, 6.07) is 0. The van der Waals surface area contributed by atoms with Crippen molar-refractivity contribution < 1.29 is 9.59 Å². The average molecular weight is 330 g/mol. The number of hydrogen-bond acceptors (Lipinski definition) is 2. The molecule has 1 rings (SSSR count). The SMILES string of the molecule is CC1=[C]([Sn]([CH3])([CH3])[CH3])C(=O)N(C(C)(C)C)C1=O. The Kier molecular flexibility index (Phi) is 3.31. The second-order valence-electron chi connectivity index (χ2n) is 6.37. The van der Waals surface area contributed by atoms with Gasteiger partial charge in [0.1, 0.15) is 0 Å². The molecule has 1 aliphatic rings. The Hall–Kier alpha value is -0.321. The molecule has 0 aromatic rings. The minimum atomic E-state index is -2.49. The first kappa shape index (κ1) is 13.7. The Morgan fingerprint density at radius 2 is 1.44 bits per heavy atom. The van der Waals surface area contributed by atoms with Crippen LogP contribution in [0.15, 0.2) is 9.16 Å². The Bertz CT molecular complexity index is 383. The molecule has 1 heterocycles. The molecule has 4 heteroatoms. The summed E-state index contributed by atoms with van der Waals surface area (Å²) in [6.07, 6.45) is 0. The van der Waals surface area contributed by atoms with Gasteiger partial charge >= 0.3 is 102 Å². The Balaban J connectivity index is 3.28. The molecule has 0 radical (unpaired) electrons. The molecule has 16 heavy (non-hydrogen) atoms. The molecule has 2 amide bonds. The van der Waals surface area contributed by atoms with Crippen LogP contribution in [-0.2, 0) is 9.59 Å². The van der Waals surface area contributed by atoms with Crippen LogP contribution in [0.5, 0.6) is 0 Å². The average Bonchev–Trinajstić information content (AvgIpc) is 2.19. The molecule has 0 unspecified atom stereocenters. The summed E-state index contributed by atoms with van der Waals surface area (Å²) in [7, 11) is 0. The van der Waals surface area contributed by atoms with E-state index in [9.17, 15) is 9.59 Å². The molecule has 1 aliphatic heterocycles. The molecule has 0 saturated carbocycles. The summed E-state index contributed by atoms with van der Waals surface area (Å²) < 4.78 is 0.856. The Morgan fingerprint density at radius 3 is 1.62 bits per heavy atom. The molecule has 0 aromatic carbocycles. The van der Waals surface area contributed by atoms with E-state index in [4.69, 9.17) is 0 Å². The molecule has 0 atom stereocenters. The van der Waals surface area contributed by atoms with Gasteiger partial charge in [0.2, 0.25) is 0 Å². The van der Waals surface area contributed by atoms with E-state index < -0.39 is 23.9 Å². The van der Waals surface area contributed by atoms with Gasteiger partial charge in [-0.05, 0) is 0 Å². The fourth-order valence-electron chi connectivity index (χ4n) is 2.13. The molecular weight excluding hydrogens is 309 g/mol. The molecule has 0 saturated heterocycles. The van der Waals surface area contributed by atoms with E-state index in [1.807, 2.05) is 20.8 Å². The summed E-state index contributed by atoms with van der Waals surface area (Å²) in [6.45, 7) is 7.50. The predicted molar refractivity (Wildman–Crippen MR) is 67.7 cm³/mol. The monoisotopic (exact) mass is 331 g/mol. The summed E-state index contributed by atoms with van der Waals surface area (Å²) in [5.74, 6) is -0.141. The summed E-state index contributed by atoms with van der Waals surface area (Å²) in [5.41, 5.74) is 0.261. The van der Waals surface area contributed by atoms with Crippen LogP contribution in [0.25, 0.3) is 0 Å². The van der Waals surface area contributed by atoms with Gasteiger partial charge in [-0.15, -0.1) is 0 Å². The minimum absolute atomic E-state index is 0.0432. The van der Waals surface area contributed by atoms with Crippen LogP contribution < -0.4 is 0 Å². The van der Waals surface area contributed by atoms with Crippen molar-refractivity contribution in [3.8, 4) is 0 Å². The third kappa shape index (κ3) is 2.19. The number of carbonyl (C=O) groups is 2. The van der Waals surface area contributed by atoms with Crippen LogP contribution >= 0.6 is 0 Å². The number of hydrogen-bond donors (Lipinski definition) is 0. The molecule has 0 aliphatic carbocycles. The van der Waals surface area contributed by atoms with Crippen LogP contribution in [-0.4, -0.2) is 40.6 Å². The van der Waals surface area contributed by atoms with E-state index in [-0.39, 0.29) is 11.8 Å². The van der Waals surface area contributed by atoms with Crippen LogP contribution in [0, 0.1) is 0 Å². The van der Waals surface area contributed by atoms with E-state index in [1.165, 1.54) is 4.90 Å². The van der Waals surface area contributed by atoms with Crippen LogP contribution in [0.3, 0.4) is 0 Å². The van der Waals surface area contributed by atoms with Gasteiger partial charge in [-0.2, -0.15) is 0 Å². The zero-order valence-electron chi connectivity index (χ0n) is 11.3. The summed E-state index contributed by atoms with van der Waals surface area (Å²) >= 11 is -2.49. The number of nitrogens with zero attached hydrogens (tertiary/aromatic N) is 1. The van der Waals surface area contributed by atoms with Gasteiger partial charge in [-0.1, -0.05) is 0 Å². The molecule has 0 aromatic heterocycles. The zero-order chi connectivity index (χ0) is 12.9. The third-order valence-electron chi connectivity index (χ3n) is 2.74. The van der Waals surface area contributed by atoms with E-state index in [0.717, 1.165) is 3.59 Å². The van der Waals surface area contributed by atoms with Gasteiger partial charge in [-0.3, -0.25) is 0 Å². The zero-order valence-corrected chi connectivity index (χ0v) is 14.1. The molecule has 90 valence electrons. The van der Waals surface area contributed by atoms with E-state index in [0.29, 0.717) is 5.57 Å². The van der Waals surface area contributed by atoms with Gasteiger partial charge in [0, 0.05) is 0 Å². The summed E-state index contributed by atoms with van der Waals surface area (Å²) in [5, 5.41) is 0. The van der Waals surface area contributed by atoms with E-state index >= 15 is 0 Å². The fraction of sp³-hybridized carbons (Fsp3) is 0.667. The van der Waals surface area contributed by atoms with Gasteiger partial charge in [0.25, 0.3) is 0 Å². The molecule has 0 fully saturated rings. The van der Waals surface area contributed by atoms with Gasteiger partial charge in [0.15, 0.2) is 0 Å². The number of amides is 2. The number of rotatable bonds is 1. The first-order chi connectivity index (χ1) is 6.98. The maximum atomic E-state index is 12.3. The van der Waals surface area contributed by atoms with Crippen molar-refractivity contribution >= 4 is 30.2 Å². The molecule has 0 N–H and O–H groups in total. The van der Waals surface area contributed by atoms with Crippen molar-refractivity contribution in [3.05, 3.63) is 9.16 Å². The van der Waals surface area contributed by atoms with Crippen molar-refractivity contribution in [3.63, 3.8) is 0 Å². The van der Waals surface area contributed by atoms with E-state index in [1.54, 1.807) is 6.92 Å². The van der Waals surface area contributed by atoms with Gasteiger partial charge in [-0.25, -0.2) is 0 Å². The van der Waals surface area contributed by atoms with Gasteiger partial charge < -0.3 is 0 Å². The topological polar surface area (TPSA) is 37.4 Å². The standard InChI is InChI=1S/C9H12NO2.3CH3.Sn/c1-6-5-7(11)10(8(6)12)9(2,3)4;;;;/h1-4H3;3*1H3;. The van der Waals surface area contributed by atoms with Crippen molar-refractivity contribution in [2.75, 3.05) is 0 Å². The van der Waals surface area contributed by atoms with Crippen molar-refractivity contribution in [1.82, 2.24) is 4.90 Å². The normalized spacial score (nSPS) is 18.8. The number of imide groups is 1. The molecule has 3 nitrogen and oxygen atoms in total. The molecule has 0 spiro atoms. The Morgan fingerprint density at radius 1 is 1.00 bits per heavy atom. The van der Waals surface area contributed by atoms with Crippen molar-refractivity contribution in [2.24, 2.45) is 0 Å². The van der Waals surface area contributed by atoms with Gasteiger partial charge in [0.05, 0.1) is 0 Å². The van der Waals surface area contributed by atoms with Crippen LogP contribution in [0.2, 0.25) is 14.8 Å². The molecular formula is C12H21NO2Sn. The predicted octanol–water partition coefficient (Wildman–Crippen LogP) is 2.35.